The number of benzene rings is 1. The van der Waals surface area contributed by atoms with E-state index in [1.807, 2.05) is 6.07 Å². The van der Waals surface area contributed by atoms with Crippen molar-refractivity contribution in [1.29, 1.82) is 0 Å². The van der Waals surface area contributed by atoms with Crippen LogP contribution in [0.15, 0.2) is 24.3 Å². The van der Waals surface area contributed by atoms with Crippen LogP contribution < -0.4 is 0 Å². The molecule has 1 aliphatic rings. The van der Waals surface area contributed by atoms with Crippen LogP contribution in [0.4, 0.5) is 0 Å². The highest BCUT2D eigenvalue weighted by Gasteiger charge is 2.38. The number of hydrogen-bond donors (Lipinski definition) is 0. The first-order valence-electron chi connectivity index (χ1n) is 5.04. The molecule has 3 nitrogen and oxygen atoms in total. The summed E-state index contributed by atoms with van der Waals surface area (Å²) in [5.41, 5.74) is 0.838. The van der Waals surface area contributed by atoms with Crippen molar-refractivity contribution >= 4 is 23.4 Å². The summed E-state index contributed by atoms with van der Waals surface area (Å²) >= 11 is 5.85. The van der Waals surface area contributed by atoms with Crippen LogP contribution in [0.2, 0.25) is 5.02 Å². The molecule has 1 fully saturated rings. The fourth-order valence-corrected chi connectivity index (χ4v) is 2.02. The summed E-state index contributed by atoms with van der Waals surface area (Å²) in [5, 5.41) is 0.597. The molecule has 0 spiro atoms. The molecular weight excluding hydrogens is 228 g/mol. The van der Waals surface area contributed by atoms with Crippen molar-refractivity contribution in [1.82, 2.24) is 0 Å². The second kappa shape index (κ2) is 4.26. The first kappa shape index (κ1) is 11.1. The van der Waals surface area contributed by atoms with Gasteiger partial charge in [-0.05, 0) is 24.6 Å². The smallest absolute Gasteiger partial charge is 0.317 e. The van der Waals surface area contributed by atoms with Crippen molar-refractivity contribution in [3.05, 3.63) is 34.9 Å². The number of cyclic esters (lactones) is 1. The lowest BCUT2D eigenvalue weighted by Gasteiger charge is -2.08. The van der Waals surface area contributed by atoms with Crippen LogP contribution in [0.5, 0.6) is 0 Å². The third kappa shape index (κ3) is 2.09. The summed E-state index contributed by atoms with van der Waals surface area (Å²) in [7, 11) is 0. The second-order valence-corrected chi connectivity index (χ2v) is 4.32. The zero-order valence-electron chi connectivity index (χ0n) is 8.77. The predicted octanol–water partition coefficient (Wildman–Crippen LogP) is 2.53. The first-order chi connectivity index (χ1) is 7.58. The number of hydrogen-bond acceptors (Lipinski definition) is 3. The molecule has 4 heteroatoms. The lowest BCUT2D eigenvalue weighted by molar-refractivity contribution is -0.146. The summed E-state index contributed by atoms with van der Waals surface area (Å²) in [6, 6.07) is 7.14. The second-order valence-electron chi connectivity index (χ2n) is 3.88. The van der Waals surface area contributed by atoms with E-state index in [4.69, 9.17) is 16.3 Å². The maximum Gasteiger partial charge on any atom is 0.317 e. The van der Waals surface area contributed by atoms with Crippen molar-refractivity contribution in [3.63, 3.8) is 0 Å². The Morgan fingerprint density at radius 1 is 1.50 bits per heavy atom. The van der Waals surface area contributed by atoms with Crippen molar-refractivity contribution in [3.8, 4) is 0 Å². The molecule has 0 aliphatic carbocycles. The largest absolute Gasteiger partial charge is 0.457 e. The zero-order valence-corrected chi connectivity index (χ0v) is 9.53. The molecule has 0 radical (unpaired) electrons. The minimum atomic E-state index is -0.621. The van der Waals surface area contributed by atoms with Crippen molar-refractivity contribution in [2.45, 2.75) is 19.4 Å². The van der Waals surface area contributed by atoms with Gasteiger partial charge >= 0.3 is 5.97 Å². The number of carbonyl (C=O) groups excluding carboxylic acids is 2. The molecule has 0 bridgehead atoms. The van der Waals surface area contributed by atoms with Crippen molar-refractivity contribution in [2.75, 3.05) is 0 Å². The number of ether oxygens (including phenoxy) is 1. The van der Waals surface area contributed by atoms with Gasteiger partial charge in [-0.15, -0.1) is 0 Å². The van der Waals surface area contributed by atoms with E-state index in [0.29, 0.717) is 11.4 Å². The quantitative estimate of drug-likeness (QED) is 0.587. The lowest BCUT2D eigenvalue weighted by Crippen LogP contribution is -2.15. The van der Waals surface area contributed by atoms with Gasteiger partial charge in [0.25, 0.3) is 0 Å². The van der Waals surface area contributed by atoms with E-state index in [1.165, 1.54) is 6.92 Å². The van der Waals surface area contributed by atoms with E-state index in [9.17, 15) is 9.59 Å². The van der Waals surface area contributed by atoms with E-state index >= 15 is 0 Å². The number of rotatable bonds is 2. The topological polar surface area (TPSA) is 43.4 Å². The van der Waals surface area contributed by atoms with Gasteiger partial charge in [-0.25, -0.2) is 0 Å². The molecule has 1 aromatic rings. The number of Topliss-reactive ketones (excluding diaryl/α,β-unsaturated/α-hetero) is 1. The number of carbonyl (C=O) groups is 2. The molecule has 1 saturated heterocycles. The fraction of sp³-hybridized carbons (Fsp3) is 0.333. The average Bonchev–Trinajstić information content (AvgIpc) is 2.60. The third-order valence-corrected chi connectivity index (χ3v) is 2.94. The Labute approximate surface area is 98.4 Å². The predicted molar refractivity (Wildman–Crippen MR) is 59.1 cm³/mol. The van der Waals surface area contributed by atoms with Gasteiger partial charge in [-0.2, -0.15) is 0 Å². The molecule has 84 valence electrons. The Morgan fingerprint density at radius 3 is 2.81 bits per heavy atom. The Bertz CT molecular complexity index is 442. The third-order valence-electron chi connectivity index (χ3n) is 2.70. The molecule has 0 N–H and O–H groups in total. The van der Waals surface area contributed by atoms with Gasteiger partial charge in [0, 0.05) is 11.4 Å². The van der Waals surface area contributed by atoms with Gasteiger partial charge in [0.1, 0.15) is 17.8 Å². The first-order valence-corrected chi connectivity index (χ1v) is 5.42. The molecule has 1 heterocycles. The van der Waals surface area contributed by atoms with Crippen LogP contribution in [-0.4, -0.2) is 11.8 Å². The number of ketones is 1. The minimum Gasteiger partial charge on any atom is -0.457 e. The van der Waals surface area contributed by atoms with Crippen LogP contribution in [-0.2, 0) is 14.3 Å². The summed E-state index contributed by atoms with van der Waals surface area (Å²) in [6.45, 7) is 1.41. The fourth-order valence-electron chi connectivity index (χ4n) is 1.82. The van der Waals surface area contributed by atoms with E-state index < -0.39 is 11.9 Å². The average molecular weight is 239 g/mol. The SMILES string of the molecule is CC(=O)[C@H]1C[C@@H](c2cccc(Cl)c2)OC1=O. The highest BCUT2D eigenvalue weighted by molar-refractivity contribution is 6.30. The molecule has 0 unspecified atom stereocenters. The minimum absolute atomic E-state index is 0.144. The molecule has 0 saturated carbocycles. The Morgan fingerprint density at radius 2 is 2.25 bits per heavy atom. The molecule has 2 rings (SSSR count). The van der Waals surface area contributed by atoms with E-state index in [-0.39, 0.29) is 11.9 Å². The number of esters is 1. The van der Waals surface area contributed by atoms with Gasteiger partial charge in [-0.1, -0.05) is 23.7 Å². The van der Waals surface area contributed by atoms with Crippen LogP contribution >= 0.6 is 11.6 Å². The van der Waals surface area contributed by atoms with Crippen LogP contribution in [0.25, 0.3) is 0 Å². The molecule has 2 atom stereocenters. The monoisotopic (exact) mass is 238 g/mol. The van der Waals surface area contributed by atoms with Gasteiger partial charge in [0.15, 0.2) is 0 Å². The summed E-state index contributed by atoms with van der Waals surface area (Å²) in [5.74, 6) is -1.20. The molecular formula is C12H11ClO3. The lowest BCUT2D eigenvalue weighted by atomic mass is 9.97. The Kier molecular flexibility index (Phi) is 2.97. The van der Waals surface area contributed by atoms with E-state index in [2.05, 4.69) is 0 Å². The summed E-state index contributed by atoms with van der Waals surface area (Å²) < 4.78 is 5.16. The Balaban J connectivity index is 2.20. The van der Waals surface area contributed by atoms with E-state index in [0.717, 1.165) is 5.56 Å². The van der Waals surface area contributed by atoms with Gasteiger partial charge in [-0.3, -0.25) is 9.59 Å². The van der Waals surface area contributed by atoms with E-state index in [1.54, 1.807) is 18.2 Å². The maximum atomic E-state index is 11.4. The number of halogens is 1. The highest BCUT2D eigenvalue weighted by Crippen LogP contribution is 2.34. The van der Waals surface area contributed by atoms with Gasteiger partial charge in [0.2, 0.25) is 0 Å². The molecule has 1 aliphatic heterocycles. The Hall–Kier alpha value is -1.35. The van der Waals surface area contributed by atoms with Gasteiger partial charge in [0.05, 0.1) is 0 Å². The molecule has 0 amide bonds. The summed E-state index contributed by atoms with van der Waals surface area (Å²) in [4.78, 5) is 22.6. The summed E-state index contributed by atoms with van der Waals surface area (Å²) in [6.07, 6.45) is 0.0641. The molecule has 0 aromatic heterocycles. The maximum absolute atomic E-state index is 11.4. The van der Waals surface area contributed by atoms with Crippen LogP contribution in [0.1, 0.15) is 25.0 Å². The van der Waals surface area contributed by atoms with Crippen LogP contribution in [0, 0.1) is 5.92 Å². The molecule has 1 aromatic carbocycles. The standard InChI is InChI=1S/C12H11ClO3/c1-7(14)10-6-11(16-12(10)15)8-3-2-4-9(13)5-8/h2-5,10-11H,6H2,1H3/t10-,11+/m1/s1. The normalized spacial score (nSPS) is 24.2. The van der Waals surface area contributed by atoms with Crippen molar-refractivity contribution in [2.24, 2.45) is 5.92 Å². The van der Waals surface area contributed by atoms with Gasteiger partial charge < -0.3 is 4.74 Å². The molecule has 16 heavy (non-hydrogen) atoms. The zero-order chi connectivity index (χ0) is 11.7. The van der Waals surface area contributed by atoms with Crippen molar-refractivity contribution < 1.29 is 14.3 Å². The van der Waals surface area contributed by atoms with Crippen LogP contribution in [0.3, 0.4) is 0 Å². The highest BCUT2D eigenvalue weighted by atomic mass is 35.5.